The molecule has 0 aromatic rings. The summed E-state index contributed by atoms with van der Waals surface area (Å²) in [5, 5.41) is 22.8. The van der Waals surface area contributed by atoms with Crippen LogP contribution in [0.15, 0.2) is 11.6 Å². The molecule has 28 heavy (non-hydrogen) atoms. The molecule has 0 radical (unpaired) electrons. The third kappa shape index (κ3) is 3.41. The highest BCUT2D eigenvalue weighted by Gasteiger charge is 2.66. The van der Waals surface area contributed by atoms with E-state index in [0.717, 1.165) is 44.0 Å². The fourth-order valence-electron chi connectivity index (χ4n) is 8.52. The van der Waals surface area contributed by atoms with Gasteiger partial charge in [-0.25, -0.2) is 0 Å². The Morgan fingerprint density at radius 3 is 2.39 bits per heavy atom. The van der Waals surface area contributed by atoms with Gasteiger partial charge in [0.1, 0.15) is 6.29 Å². The highest BCUT2D eigenvalue weighted by Crippen LogP contribution is 2.70. The van der Waals surface area contributed by atoms with E-state index in [1.165, 1.54) is 19.3 Å². The minimum absolute atomic E-state index is 0.0682. The summed E-state index contributed by atoms with van der Waals surface area (Å²) >= 11 is 0. The van der Waals surface area contributed by atoms with Gasteiger partial charge in [-0.15, -0.1) is 0 Å². The van der Waals surface area contributed by atoms with E-state index in [1.807, 2.05) is 13.8 Å². The first kappa shape index (κ1) is 22.0. The summed E-state index contributed by atoms with van der Waals surface area (Å²) in [7, 11) is 0. The maximum atomic E-state index is 11.4. The Morgan fingerprint density at radius 2 is 1.75 bits per heavy atom. The lowest BCUT2D eigenvalue weighted by Crippen LogP contribution is -2.66. The summed E-state index contributed by atoms with van der Waals surface area (Å²) in [5.74, 6) is 1.02. The number of aliphatic hydroxyl groups excluding tert-OH is 1. The lowest BCUT2D eigenvalue weighted by Gasteiger charge is -2.68. The quantitative estimate of drug-likeness (QED) is 0.506. The van der Waals surface area contributed by atoms with Gasteiger partial charge in [-0.3, -0.25) is 4.79 Å². The molecule has 0 amide bonds. The lowest BCUT2D eigenvalue weighted by atomic mass is 9.37. The topological polar surface area (TPSA) is 57.5 Å². The first-order valence-electron chi connectivity index (χ1n) is 11.4. The summed E-state index contributed by atoms with van der Waals surface area (Å²) in [6.07, 6.45) is 10.2. The summed E-state index contributed by atoms with van der Waals surface area (Å²) in [6.45, 7) is 13.5. The average Bonchev–Trinajstić information content (AvgIpc) is 2.51. The number of allylic oxidation sites excluding steroid dienone is 2. The molecule has 0 aromatic carbocycles. The van der Waals surface area contributed by atoms with Gasteiger partial charge < -0.3 is 10.2 Å². The van der Waals surface area contributed by atoms with Crippen molar-refractivity contribution in [3.8, 4) is 0 Å². The summed E-state index contributed by atoms with van der Waals surface area (Å²) in [6, 6.07) is 0. The van der Waals surface area contributed by atoms with Crippen molar-refractivity contribution in [2.45, 2.75) is 105 Å². The lowest BCUT2D eigenvalue weighted by molar-refractivity contribution is -0.243. The standard InChI is InChI=1S/C25H42O3/c1-17(11-15-26)8-9-20-24(5)16-18(27)21-22(2,3)12-7-13-23(21,4)19(24)10-14-25(20,6)28/h11,15,18-21,27-28H,7-10,12-14,16H2,1-6H3/b17-11-/t18-,19+,20-,21-,23+,24+,25-/m0/s1. The SMILES string of the molecule is C/C(=C/C=O)CC[C@H]1[C@]2(C)C[C@H](O)[C@H]3C(C)(C)CCC[C@]3(C)[C@H]2CC[C@]1(C)O. The zero-order valence-corrected chi connectivity index (χ0v) is 18.9. The molecule has 0 saturated heterocycles. The van der Waals surface area contributed by atoms with Gasteiger partial charge in [-0.2, -0.15) is 0 Å². The number of fused-ring (bicyclic) bond motifs is 3. The smallest absolute Gasteiger partial charge is 0.142 e. The monoisotopic (exact) mass is 390 g/mol. The van der Waals surface area contributed by atoms with Gasteiger partial charge in [0.2, 0.25) is 0 Å². The van der Waals surface area contributed by atoms with Gasteiger partial charge in [0.15, 0.2) is 0 Å². The van der Waals surface area contributed by atoms with Crippen molar-refractivity contribution in [2.75, 3.05) is 0 Å². The third-order valence-corrected chi connectivity index (χ3v) is 9.38. The van der Waals surface area contributed by atoms with E-state index >= 15 is 0 Å². The third-order valence-electron chi connectivity index (χ3n) is 9.38. The van der Waals surface area contributed by atoms with Gasteiger partial charge in [0, 0.05) is 0 Å². The van der Waals surface area contributed by atoms with Crippen LogP contribution in [0.3, 0.4) is 0 Å². The molecule has 3 aliphatic carbocycles. The molecule has 0 aliphatic heterocycles. The molecule has 3 nitrogen and oxygen atoms in total. The maximum absolute atomic E-state index is 11.4. The second-order valence-electron chi connectivity index (χ2n) is 11.8. The van der Waals surface area contributed by atoms with Crippen LogP contribution in [-0.2, 0) is 4.79 Å². The number of carbonyl (C=O) groups excluding carboxylic acids is 1. The molecule has 3 heteroatoms. The molecular weight excluding hydrogens is 348 g/mol. The van der Waals surface area contributed by atoms with Crippen molar-refractivity contribution >= 4 is 6.29 Å². The molecule has 3 fully saturated rings. The number of hydrogen-bond acceptors (Lipinski definition) is 3. The number of hydrogen-bond donors (Lipinski definition) is 2. The molecule has 160 valence electrons. The molecule has 0 unspecified atom stereocenters. The Labute approximate surface area is 172 Å². The summed E-state index contributed by atoms with van der Waals surface area (Å²) in [4.78, 5) is 10.8. The molecule has 3 aliphatic rings. The Morgan fingerprint density at radius 1 is 1.07 bits per heavy atom. The van der Waals surface area contributed by atoms with E-state index in [9.17, 15) is 15.0 Å². The van der Waals surface area contributed by atoms with Crippen molar-refractivity contribution in [1.29, 1.82) is 0 Å². The maximum Gasteiger partial charge on any atom is 0.142 e. The van der Waals surface area contributed by atoms with Crippen LogP contribution < -0.4 is 0 Å². The second-order valence-corrected chi connectivity index (χ2v) is 11.8. The van der Waals surface area contributed by atoms with Crippen molar-refractivity contribution in [1.82, 2.24) is 0 Å². The number of rotatable bonds is 4. The summed E-state index contributed by atoms with van der Waals surface area (Å²) in [5.41, 5.74) is 0.611. The molecule has 3 saturated carbocycles. The van der Waals surface area contributed by atoms with Crippen LogP contribution >= 0.6 is 0 Å². The van der Waals surface area contributed by atoms with E-state index in [1.54, 1.807) is 6.08 Å². The highest BCUT2D eigenvalue weighted by molar-refractivity contribution is 5.65. The second kappa shape index (κ2) is 7.23. The molecule has 3 rings (SSSR count). The molecule has 0 heterocycles. The predicted molar refractivity (Wildman–Crippen MR) is 114 cm³/mol. The van der Waals surface area contributed by atoms with E-state index in [4.69, 9.17) is 0 Å². The van der Waals surface area contributed by atoms with Gasteiger partial charge in [0.05, 0.1) is 11.7 Å². The number of aliphatic hydroxyl groups is 2. The molecule has 0 aromatic heterocycles. The average molecular weight is 391 g/mol. The first-order valence-corrected chi connectivity index (χ1v) is 11.4. The molecular formula is C25H42O3. The van der Waals surface area contributed by atoms with Crippen LogP contribution in [0.4, 0.5) is 0 Å². The van der Waals surface area contributed by atoms with Gasteiger partial charge >= 0.3 is 0 Å². The fraction of sp³-hybridized carbons (Fsp3) is 0.880. The molecule has 0 spiro atoms. The Bertz CT molecular complexity index is 634. The van der Waals surface area contributed by atoms with Gasteiger partial charge in [-0.05, 0) is 98.9 Å². The zero-order valence-electron chi connectivity index (χ0n) is 18.9. The first-order chi connectivity index (χ1) is 12.9. The zero-order chi connectivity index (χ0) is 21.0. The van der Waals surface area contributed by atoms with E-state index in [-0.39, 0.29) is 28.3 Å². The number of carbonyl (C=O) groups is 1. The van der Waals surface area contributed by atoms with E-state index < -0.39 is 5.60 Å². The Kier molecular flexibility index (Phi) is 5.69. The van der Waals surface area contributed by atoms with Crippen LogP contribution in [0.1, 0.15) is 92.9 Å². The fourth-order valence-corrected chi connectivity index (χ4v) is 8.52. The van der Waals surface area contributed by atoms with Crippen molar-refractivity contribution in [2.24, 2.45) is 34.0 Å². The van der Waals surface area contributed by atoms with Crippen molar-refractivity contribution in [3.05, 3.63) is 11.6 Å². The van der Waals surface area contributed by atoms with Crippen molar-refractivity contribution in [3.63, 3.8) is 0 Å². The normalized spacial score (nSPS) is 48.5. The Hall–Kier alpha value is -0.670. The van der Waals surface area contributed by atoms with Crippen LogP contribution in [0.5, 0.6) is 0 Å². The van der Waals surface area contributed by atoms with Crippen LogP contribution in [-0.4, -0.2) is 28.2 Å². The number of aldehydes is 1. The highest BCUT2D eigenvalue weighted by atomic mass is 16.3. The van der Waals surface area contributed by atoms with E-state index in [2.05, 4.69) is 27.7 Å². The van der Waals surface area contributed by atoms with Gasteiger partial charge in [0.25, 0.3) is 0 Å². The van der Waals surface area contributed by atoms with Crippen LogP contribution in [0.2, 0.25) is 0 Å². The Balaban J connectivity index is 1.98. The minimum Gasteiger partial charge on any atom is -0.393 e. The van der Waals surface area contributed by atoms with Crippen LogP contribution in [0.25, 0.3) is 0 Å². The summed E-state index contributed by atoms with van der Waals surface area (Å²) < 4.78 is 0. The largest absolute Gasteiger partial charge is 0.393 e. The predicted octanol–water partition coefficient (Wildman–Crippen LogP) is 5.29. The van der Waals surface area contributed by atoms with Crippen LogP contribution in [0, 0.1) is 34.0 Å². The molecule has 2 N–H and O–H groups in total. The van der Waals surface area contributed by atoms with E-state index in [0.29, 0.717) is 11.8 Å². The van der Waals surface area contributed by atoms with Gasteiger partial charge in [-0.1, -0.05) is 39.7 Å². The van der Waals surface area contributed by atoms with Crippen molar-refractivity contribution < 1.29 is 15.0 Å². The molecule has 0 bridgehead atoms. The minimum atomic E-state index is -0.709. The molecule has 7 atom stereocenters.